The Labute approximate surface area is 317 Å². The minimum Gasteiger partial charge on any atom is -0.310 e. The van der Waals surface area contributed by atoms with Gasteiger partial charge in [-0.1, -0.05) is 176 Å². The Hall–Kier alpha value is -7.03. The van der Waals surface area contributed by atoms with Gasteiger partial charge < -0.3 is 4.90 Å². The van der Waals surface area contributed by atoms with Crippen LogP contribution in [0.4, 0.5) is 17.1 Å². The molecule has 0 fully saturated rings. The van der Waals surface area contributed by atoms with Gasteiger partial charge in [0.15, 0.2) is 0 Å². The molecule has 0 unspecified atom stereocenters. The van der Waals surface area contributed by atoms with Gasteiger partial charge in [0, 0.05) is 28.2 Å². The van der Waals surface area contributed by atoms with Crippen molar-refractivity contribution in [2.45, 2.75) is 5.41 Å². The summed E-state index contributed by atoms with van der Waals surface area (Å²) in [5.74, 6) is 0. The third kappa shape index (κ3) is 5.75. The van der Waals surface area contributed by atoms with E-state index in [-0.39, 0.29) is 0 Å². The molecule has 1 aliphatic carbocycles. The predicted octanol–water partition coefficient (Wildman–Crippen LogP) is 13.1. The Balaban J connectivity index is 1.29. The molecule has 0 amide bonds. The Morgan fingerprint density at radius 3 is 1.46 bits per heavy atom. The number of fused-ring (bicyclic) bond motifs is 3. The number of hydrogen-bond donors (Lipinski definition) is 1. The van der Waals surface area contributed by atoms with Crippen LogP contribution in [-0.4, -0.2) is 5.71 Å². The highest BCUT2D eigenvalue weighted by Crippen LogP contribution is 2.57. The van der Waals surface area contributed by atoms with Crippen molar-refractivity contribution in [3.8, 4) is 11.1 Å². The van der Waals surface area contributed by atoms with Crippen molar-refractivity contribution in [2.75, 3.05) is 4.90 Å². The summed E-state index contributed by atoms with van der Waals surface area (Å²) in [4.78, 5) is 2.33. The molecule has 0 aromatic heterocycles. The molecule has 2 nitrogen and oxygen atoms in total. The Kier molecular flexibility index (Phi) is 8.63. The van der Waals surface area contributed by atoms with Gasteiger partial charge in [0.1, 0.15) is 0 Å². The lowest BCUT2D eigenvalue weighted by molar-refractivity contribution is 0.768. The molecule has 9 rings (SSSR count). The second kappa shape index (κ2) is 14.2. The van der Waals surface area contributed by atoms with E-state index in [1.54, 1.807) is 0 Å². The van der Waals surface area contributed by atoms with E-state index >= 15 is 0 Å². The lowest BCUT2D eigenvalue weighted by atomic mass is 9.67. The summed E-state index contributed by atoms with van der Waals surface area (Å²) in [6.45, 7) is 0. The highest BCUT2D eigenvalue weighted by Gasteiger charge is 2.46. The zero-order valence-electron chi connectivity index (χ0n) is 29.8. The lowest BCUT2D eigenvalue weighted by Crippen LogP contribution is -2.28. The molecule has 8 aromatic rings. The van der Waals surface area contributed by atoms with Crippen LogP contribution in [0.1, 0.15) is 38.9 Å². The monoisotopic (exact) mass is 690 g/mol. The van der Waals surface area contributed by atoms with Crippen LogP contribution in [0.2, 0.25) is 0 Å². The standard InChI is InChI=1S/C52H38N2/c53-51(47(39-21-9-2-10-22-39)35-38-19-7-1-8-20-38)40-31-33-46-48-37-45(54(43-27-15-5-16-28-43)44-29-17-6-18-30-44)32-34-49(48)52(50(46)36-40,41-23-11-3-12-24-41)42-25-13-4-14-26-42/h1-37,53H/b47-35-,53-51?. The first-order chi connectivity index (χ1) is 26.7. The highest BCUT2D eigenvalue weighted by molar-refractivity contribution is 6.33. The van der Waals surface area contributed by atoms with Crippen molar-refractivity contribution in [3.63, 3.8) is 0 Å². The van der Waals surface area contributed by atoms with Crippen LogP contribution in [0.3, 0.4) is 0 Å². The molecule has 0 saturated carbocycles. The molecule has 1 aliphatic rings. The first kappa shape index (κ1) is 32.8. The van der Waals surface area contributed by atoms with Crippen molar-refractivity contribution in [2.24, 2.45) is 0 Å². The molecule has 0 atom stereocenters. The Morgan fingerprint density at radius 2 is 0.907 bits per heavy atom. The molecule has 0 bridgehead atoms. The molecule has 0 radical (unpaired) electrons. The molecule has 1 N–H and O–H groups in total. The van der Waals surface area contributed by atoms with Gasteiger partial charge >= 0.3 is 0 Å². The SMILES string of the molecule is N=C(/C(=C\c1ccccc1)c1ccccc1)c1ccc2c(c1)C(c1ccccc1)(c1ccccc1)c1ccc(N(c3ccccc3)c3ccccc3)cc1-2. The average Bonchev–Trinajstić information content (AvgIpc) is 3.54. The number of benzene rings is 8. The van der Waals surface area contributed by atoms with Gasteiger partial charge in [-0.25, -0.2) is 0 Å². The number of rotatable bonds is 9. The Morgan fingerprint density at radius 1 is 0.407 bits per heavy atom. The zero-order valence-corrected chi connectivity index (χ0v) is 29.8. The van der Waals surface area contributed by atoms with Crippen LogP contribution >= 0.6 is 0 Å². The normalized spacial score (nSPS) is 12.8. The van der Waals surface area contributed by atoms with Crippen LogP contribution in [0.15, 0.2) is 218 Å². The van der Waals surface area contributed by atoms with Gasteiger partial charge in [-0.2, -0.15) is 0 Å². The van der Waals surface area contributed by atoms with Crippen LogP contribution in [-0.2, 0) is 5.41 Å². The number of hydrogen-bond acceptors (Lipinski definition) is 2. The number of nitrogens with zero attached hydrogens (tertiary/aromatic N) is 1. The summed E-state index contributed by atoms with van der Waals surface area (Å²) in [6, 6.07) is 77.1. The molecule has 0 spiro atoms. The fourth-order valence-electron chi connectivity index (χ4n) is 8.17. The molecule has 0 heterocycles. The summed E-state index contributed by atoms with van der Waals surface area (Å²) in [5, 5.41) is 9.84. The minimum absolute atomic E-state index is 0.485. The van der Waals surface area contributed by atoms with Crippen molar-refractivity contribution >= 4 is 34.4 Å². The summed E-state index contributed by atoms with van der Waals surface area (Å²) in [5.41, 5.74) is 14.1. The summed E-state index contributed by atoms with van der Waals surface area (Å²) < 4.78 is 0. The quantitative estimate of drug-likeness (QED) is 0.118. The first-order valence-electron chi connectivity index (χ1n) is 18.4. The second-order valence-corrected chi connectivity index (χ2v) is 13.7. The maximum absolute atomic E-state index is 9.84. The molecular formula is C52H38N2. The largest absolute Gasteiger partial charge is 0.310 e. The van der Waals surface area contributed by atoms with Crippen molar-refractivity contribution in [1.29, 1.82) is 5.41 Å². The molecule has 0 aliphatic heterocycles. The van der Waals surface area contributed by atoms with Crippen molar-refractivity contribution in [1.82, 2.24) is 0 Å². The number of anilines is 3. The van der Waals surface area contributed by atoms with E-state index in [9.17, 15) is 5.41 Å². The van der Waals surface area contributed by atoms with E-state index in [2.05, 4.69) is 193 Å². The third-order valence-corrected chi connectivity index (χ3v) is 10.6. The van der Waals surface area contributed by atoms with Crippen LogP contribution in [0, 0.1) is 5.41 Å². The summed E-state index contributed by atoms with van der Waals surface area (Å²) >= 11 is 0. The van der Waals surface area contributed by atoms with E-state index in [4.69, 9.17) is 0 Å². The van der Waals surface area contributed by atoms with Gasteiger partial charge in [-0.15, -0.1) is 0 Å². The van der Waals surface area contributed by atoms with Gasteiger partial charge in [-0.05, 0) is 93.0 Å². The molecule has 8 aromatic carbocycles. The first-order valence-corrected chi connectivity index (χ1v) is 18.4. The average molecular weight is 691 g/mol. The van der Waals surface area contributed by atoms with Crippen molar-refractivity contribution < 1.29 is 0 Å². The molecule has 54 heavy (non-hydrogen) atoms. The third-order valence-electron chi connectivity index (χ3n) is 10.6. The van der Waals surface area contributed by atoms with E-state index in [1.807, 2.05) is 36.4 Å². The fraction of sp³-hybridized carbons (Fsp3) is 0.0192. The molecule has 2 heteroatoms. The number of para-hydroxylation sites is 2. The maximum atomic E-state index is 9.84. The van der Waals surface area contributed by atoms with E-state index in [0.717, 1.165) is 39.3 Å². The molecule has 0 saturated heterocycles. The highest BCUT2D eigenvalue weighted by atomic mass is 15.1. The Bertz CT molecular complexity index is 2500. The summed E-state index contributed by atoms with van der Waals surface area (Å²) in [7, 11) is 0. The predicted molar refractivity (Wildman–Crippen MR) is 226 cm³/mol. The lowest BCUT2D eigenvalue weighted by Gasteiger charge is -2.34. The molecule has 256 valence electrons. The molecular weight excluding hydrogens is 653 g/mol. The van der Waals surface area contributed by atoms with E-state index in [1.165, 1.54) is 33.4 Å². The summed E-state index contributed by atoms with van der Waals surface area (Å²) in [6.07, 6.45) is 2.13. The van der Waals surface area contributed by atoms with Crippen molar-refractivity contribution in [3.05, 3.63) is 257 Å². The van der Waals surface area contributed by atoms with Crippen LogP contribution < -0.4 is 4.90 Å². The van der Waals surface area contributed by atoms with E-state index < -0.39 is 5.41 Å². The van der Waals surface area contributed by atoms with Gasteiger partial charge in [0.05, 0.1) is 11.1 Å². The zero-order chi connectivity index (χ0) is 36.3. The van der Waals surface area contributed by atoms with Gasteiger partial charge in [0.2, 0.25) is 0 Å². The van der Waals surface area contributed by atoms with Crippen LogP contribution in [0.25, 0.3) is 22.8 Å². The van der Waals surface area contributed by atoms with Crippen LogP contribution in [0.5, 0.6) is 0 Å². The maximum Gasteiger partial charge on any atom is 0.0713 e. The van der Waals surface area contributed by atoms with E-state index in [0.29, 0.717) is 5.71 Å². The number of allylic oxidation sites excluding steroid dienone is 1. The smallest absolute Gasteiger partial charge is 0.0713 e. The fourth-order valence-corrected chi connectivity index (χ4v) is 8.17. The minimum atomic E-state index is -0.609. The van der Waals surface area contributed by atoms with Gasteiger partial charge in [-0.3, -0.25) is 5.41 Å². The second-order valence-electron chi connectivity index (χ2n) is 13.7. The topological polar surface area (TPSA) is 27.1 Å². The number of nitrogens with one attached hydrogen (secondary N) is 1. The van der Waals surface area contributed by atoms with Gasteiger partial charge in [0.25, 0.3) is 0 Å².